The Balaban J connectivity index is 1.78. The number of carbonyl (C=O) groups excluding carboxylic acids is 1. The van der Waals surface area contributed by atoms with Gasteiger partial charge in [-0.25, -0.2) is 0 Å². The van der Waals surface area contributed by atoms with Crippen molar-refractivity contribution in [2.24, 2.45) is 0 Å². The first-order valence-electron chi connectivity index (χ1n) is 7.96. The molecule has 3 unspecified atom stereocenters. The predicted octanol–water partition coefficient (Wildman–Crippen LogP) is 2.96. The standard InChI is InChI=1S/C17H24N2OS/c1-3-13-6-8-14(9-7-13)16-18-12(2)17(20)19(16)11-15-5-4-10-21-15/h6-9,12,15-16,18H,3-5,10-11H2,1-2H3. The van der Waals surface area contributed by atoms with Gasteiger partial charge < -0.3 is 4.90 Å². The van der Waals surface area contributed by atoms with Gasteiger partial charge in [-0.15, -0.1) is 0 Å². The van der Waals surface area contributed by atoms with Crippen LogP contribution in [0.25, 0.3) is 0 Å². The number of rotatable bonds is 4. The van der Waals surface area contributed by atoms with Gasteiger partial charge in [-0.2, -0.15) is 11.8 Å². The molecule has 3 nitrogen and oxygen atoms in total. The van der Waals surface area contributed by atoms with Crippen LogP contribution in [0.5, 0.6) is 0 Å². The minimum absolute atomic E-state index is 0.0413. The van der Waals surface area contributed by atoms with E-state index in [4.69, 9.17) is 0 Å². The van der Waals surface area contributed by atoms with Crippen LogP contribution >= 0.6 is 11.8 Å². The second-order valence-electron chi connectivity index (χ2n) is 6.01. The highest BCUT2D eigenvalue weighted by molar-refractivity contribution is 8.00. The third-order valence-corrected chi connectivity index (χ3v) is 5.88. The summed E-state index contributed by atoms with van der Waals surface area (Å²) in [6.07, 6.45) is 3.62. The van der Waals surface area contributed by atoms with Gasteiger partial charge in [0, 0.05) is 11.8 Å². The SMILES string of the molecule is CCc1ccc(C2NC(C)C(=O)N2CC2CCCS2)cc1. The fraction of sp³-hybridized carbons (Fsp3) is 0.588. The quantitative estimate of drug-likeness (QED) is 0.928. The summed E-state index contributed by atoms with van der Waals surface area (Å²) in [6, 6.07) is 8.60. The fourth-order valence-corrected chi connectivity index (χ4v) is 4.45. The van der Waals surface area contributed by atoms with Crippen LogP contribution in [0.2, 0.25) is 0 Å². The normalized spacial score (nSPS) is 29.3. The van der Waals surface area contributed by atoms with Crippen molar-refractivity contribution in [3.8, 4) is 0 Å². The Bertz CT molecular complexity index is 496. The minimum Gasteiger partial charge on any atom is -0.320 e. The highest BCUT2D eigenvalue weighted by Gasteiger charge is 2.38. The number of hydrogen-bond donors (Lipinski definition) is 1. The number of aryl methyl sites for hydroxylation is 1. The second-order valence-corrected chi connectivity index (χ2v) is 7.42. The van der Waals surface area contributed by atoms with Gasteiger partial charge in [0.15, 0.2) is 0 Å². The monoisotopic (exact) mass is 304 g/mol. The smallest absolute Gasteiger partial charge is 0.241 e. The van der Waals surface area contributed by atoms with Crippen molar-refractivity contribution in [1.29, 1.82) is 0 Å². The van der Waals surface area contributed by atoms with Crippen molar-refractivity contribution in [3.05, 3.63) is 35.4 Å². The van der Waals surface area contributed by atoms with Gasteiger partial charge in [0.2, 0.25) is 5.91 Å². The molecule has 4 heteroatoms. The van der Waals surface area contributed by atoms with Crippen molar-refractivity contribution in [2.45, 2.75) is 50.6 Å². The van der Waals surface area contributed by atoms with Crippen LogP contribution in [0.4, 0.5) is 0 Å². The van der Waals surface area contributed by atoms with Crippen LogP contribution < -0.4 is 5.32 Å². The molecule has 0 aliphatic carbocycles. The average Bonchev–Trinajstić information content (AvgIpc) is 3.11. The molecular weight excluding hydrogens is 280 g/mol. The molecule has 0 radical (unpaired) electrons. The molecule has 0 aromatic heterocycles. The number of nitrogens with one attached hydrogen (secondary N) is 1. The molecule has 2 fully saturated rings. The lowest BCUT2D eigenvalue weighted by Gasteiger charge is -2.27. The fourth-order valence-electron chi connectivity index (χ4n) is 3.19. The summed E-state index contributed by atoms with van der Waals surface area (Å²) in [5.74, 6) is 1.48. The molecule has 1 aromatic rings. The maximum Gasteiger partial charge on any atom is 0.241 e. The maximum atomic E-state index is 12.5. The van der Waals surface area contributed by atoms with E-state index < -0.39 is 0 Å². The topological polar surface area (TPSA) is 32.3 Å². The van der Waals surface area contributed by atoms with E-state index >= 15 is 0 Å². The van der Waals surface area contributed by atoms with Gasteiger partial charge in [-0.05, 0) is 43.1 Å². The van der Waals surface area contributed by atoms with Crippen LogP contribution in [0.15, 0.2) is 24.3 Å². The molecule has 0 spiro atoms. The van der Waals surface area contributed by atoms with Crippen LogP contribution in [0.3, 0.4) is 0 Å². The molecule has 1 aromatic carbocycles. The van der Waals surface area contributed by atoms with Crippen molar-refractivity contribution in [3.63, 3.8) is 0 Å². The largest absolute Gasteiger partial charge is 0.320 e. The second kappa shape index (κ2) is 6.41. The molecule has 0 saturated carbocycles. The van der Waals surface area contributed by atoms with E-state index in [-0.39, 0.29) is 18.1 Å². The van der Waals surface area contributed by atoms with Crippen molar-refractivity contribution < 1.29 is 4.79 Å². The molecule has 3 atom stereocenters. The summed E-state index contributed by atoms with van der Waals surface area (Å²) in [6.45, 7) is 5.01. The zero-order valence-corrected chi connectivity index (χ0v) is 13.7. The van der Waals surface area contributed by atoms with Crippen LogP contribution in [-0.4, -0.2) is 34.4 Å². The molecule has 21 heavy (non-hydrogen) atoms. The molecule has 2 saturated heterocycles. The Morgan fingerprint density at radius 2 is 2.10 bits per heavy atom. The zero-order chi connectivity index (χ0) is 14.8. The third-order valence-electron chi connectivity index (χ3n) is 4.50. The first-order chi connectivity index (χ1) is 10.2. The molecule has 2 heterocycles. The van der Waals surface area contributed by atoms with E-state index in [0.29, 0.717) is 5.25 Å². The Kier molecular flexibility index (Phi) is 4.55. The molecule has 2 aliphatic heterocycles. The van der Waals surface area contributed by atoms with Crippen molar-refractivity contribution in [2.75, 3.05) is 12.3 Å². The molecule has 3 rings (SSSR count). The summed E-state index contributed by atoms with van der Waals surface area (Å²) in [5.41, 5.74) is 2.54. The van der Waals surface area contributed by atoms with Crippen LogP contribution in [0, 0.1) is 0 Å². The lowest BCUT2D eigenvalue weighted by atomic mass is 10.1. The first-order valence-corrected chi connectivity index (χ1v) is 9.01. The predicted molar refractivity (Wildman–Crippen MR) is 88.4 cm³/mol. The van der Waals surface area contributed by atoms with E-state index in [1.54, 1.807) is 0 Å². The Labute approximate surface area is 131 Å². The highest BCUT2D eigenvalue weighted by atomic mass is 32.2. The molecule has 1 N–H and O–H groups in total. The molecule has 1 amide bonds. The number of thioether (sulfide) groups is 1. The Hall–Kier alpha value is -1.00. The van der Waals surface area contributed by atoms with Crippen molar-refractivity contribution in [1.82, 2.24) is 10.2 Å². The van der Waals surface area contributed by atoms with Gasteiger partial charge >= 0.3 is 0 Å². The Morgan fingerprint density at radius 3 is 2.71 bits per heavy atom. The minimum atomic E-state index is -0.0766. The van der Waals surface area contributed by atoms with Crippen molar-refractivity contribution >= 4 is 17.7 Å². The first kappa shape index (κ1) is 14.9. The maximum absolute atomic E-state index is 12.5. The van der Waals surface area contributed by atoms with E-state index in [0.717, 1.165) is 13.0 Å². The van der Waals surface area contributed by atoms with Gasteiger partial charge in [0.05, 0.1) is 6.04 Å². The van der Waals surface area contributed by atoms with Crippen LogP contribution in [0.1, 0.15) is 44.0 Å². The van der Waals surface area contributed by atoms with E-state index in [1.807, 2.05) is 18.7 Å². The zero-order valence-electron chi connectivity index (χ0n) is 12.8. The molecule has 0 bridgehead atoms. The lowest BCUT2D eigenvalue weighted by Crippen LogP contribution is -2.35. The van der Waals surface area contributed by atoms with Gasteiger partial charge in [0.1, 0.15) is 6.17 Å². The molecule has 2 aliphatic rings. The van der Waals surface area contributed by atoms with Gasteiger partial charge in [-0.1, -0.05) is 31.2 Å². The average molecular weight is 304 g/mol. The van der Waals surface area contributed by atoms with E-state index in [9.17, 15) is 4.79 Å². The van der Waals surface area contributed by atoms with Gasteiger partial charge in [-0.3, -0.25) is 10.1 Å². The summed E-state index contributed by atoms with van der Waals surface area (Å²) in [4.78, 5) is 14.5. The van der Waals surface area contributed by atoms with E-state index in [2.05, 4.69) is 41.4 Å². The molecular formula is C17H24N2OS. The number of nitrogens with zero attached hydrogens (tertiary/aromatic N) is 1. The van der Waals surface area contributed by atoms with Crippen LogP contribution in [-0.2, 0) is 11.2 Å². The highest BCUT2D eigenvalue weighted by Crippen LogP contribution is 2.32. The third kappa shape index (κ3) is 3.11. The lowest BCUT2D eigenvalue weighted by molar-refractivity contribution is -0.129. The van der Waals surface area contributed by atoms with E-state index in [1.165, 1.54) is 29.7 Å². The number of benzene rings is 1. The molecule has 114 valence electrons. The summed E-state index contributed by atoms with van der Waals surface area (Å²) >= 11 is 2.01. The number of carbonyl (C=O) groups is 1. The Morgan fingerprint density at radius 1 is 1.33 bits per heavy atom. The summed E-state index contributed by atoms with van der Waals surface area (Å²) in [5, 5.41) is 4.06. The summed E-state index contributed by atoms with van der Waals surface area (Å²) in [7, 11) is 0. The summed E-state index contributed by atoms with van der Waals surface area (Å²) < 4.78 is 0. The number of amides is 1. The number of hydrogen-bond acceptors (Lipinski definition) is 3. The van der Waals surface area contributed by atoms with Gasteiger partial charge in [0.25, 0.3) is 0 Å².